The number of thioether (sulfide) groups is 1. The van der Waals surface area contributed by atoms with Crippen molar-refractivity contribution in [1.82, 2.24) is 14.8 Å². The van der Waals surface area contributed by atoms with E-state index in [1.807, 2.05) is 13.0 Å². The summed E-state index contributed by atoms with van der Waals surface area (Å²) in [6.07, 6.45) is 1.96. The van der Waals surface area contributed by atoms with E-state index in [-0.39, 0.29) is 28.8 Å². The highest BCUT2D eigenvalue weighted by molar-refractivity contribution is 8.03. The molecule has 1 unspecified atom stereocenters. The molecule has 2 saturated heterocycles. The molecule has 0 aromatic carbocycles. The van der Waals surface area contributed by atoms with Gasteiger partial charge in [-0.25, -0.2) is 9.78 Å². The number of aromatic nitrogens is 1. The normalized spacial score (nSPS) is 30.4. The summed E-state index contributed by atoms with van der Waals surface area (Å²) in [5.41, 5.74) is 6.84. The fourth-order valence-electron chi connectivity index (χ4n) is 4.68. The Morgan fingerprint density at radius 2 is 2.21 bits per heavy atom. The van der Waals surface area contributed by atoms with E-state index in [9.17, 15) is 19.8 Å². The first kappa shape index (κ1) is 20.2. The summed E-state index contributed by atoms with van der Waals surface area (Å²) in [5.74, 6) is -1.45. The largest absolute Gasteiger partial charge is 0.477 e. The molecule has 2 fully saturated rings. The Kier molecular flexibility index (Phi) is 5.30. The molecule has 5 atom stereocenters. The van der Waals surface area contributed by atoms with Gasteiger partial charge in [0, 0.05) is 35.4 Å². The number of fused-ring (bicyclic) bond motifs is 1. The van der Waals surface area contributed by atoms with Gasteiger partial charge >= 0.3 is 5.97 Å². The van der Waals surface area contributed by atoms with E-state index in [0.29, 0.717) is 5.82 Å². The van der Waals surface area contributed by atoms with Gasteiger partial charge in [0.15, 0.2) is 0 Å². The summed E-state index contributed by atoms with van der Waals surface area (Å²) < 4.78 is 0. The number of carboxylic acids is 1. The minimum Gasteiger partial charge on any atom is -0.477 e. The maximum Gasteiger partial charge on any atom is 0.353 e. The minimum absolute atomic E-state index is 0.0845. The maximum atomic E-state index is 12.4. The van der Waals surface area contributed by atoms with E-state index in [4.69, 9.17) is 5.73 Å². The van der Waals surface area contributed by atoms with Gasteiger partial charge in [0.25, 0.3) is 0 Å². The van der Waals surface area contributed by atoms with Gasteiger partial charge in [-0.15, -0.1) is 11.8 Å². The summed E-state index contributed by atoms with van der Waals surface area (Å²) in [7, 11) is 0. The van der Waals surface area contributed by atoms with Gasteiger partial charge in [-0.05, 0) is 31.5 Å². The topological polar surface area (TPSA) is 120 Å². The van der Waals surface area contributed by atoms with Crippen LogP contribution in [0.15, 0.2) is 28.9 Å². The number of aliphatic carboxylic acids is 1. The lowest BCUT2D eigenvalue weighted by Gasteiger charge is -2.46. The number of hydrogen-bond donors (Lipinski definition) is 3. The maximum absolute atomic E-state index is 12.4. The van der Waals surface area contributed by atoms with Gasteiger partial charge in [-0.2, -0.15) is 0 Å². The fraction of sp³-hybridized carbons (Fsp3) is 0.550. The second-order valence-electron chi connectivity index (χ2n) is 8.13. The zero-order valence-electron chi connectivity index (χ0n) is 16.5. The molecule has 3 aliphatic heterocycles. The van der Waals surface area contributed by atoms with Crippen molar-refractivity contribution in [3.8, 4) is 0 Å². The van der Waals surface area contributed by atoms with Crippen molar-refractivity contribution in [2.24, 2.45) is 11.8 Å². The number of hydrogen-bond acceptors (Lipinski definition) is 7. The number of carbonyl (C=O) groups is 2. The average Bonchev–Trinajstić information content (AvgIpc) is 3.18. The third kappa shape index (κ3) is 3.51. The molecule has 0 saturated carbocycles. The molecule has 1 amide bonds. The number of nitrogens with zero attached hydrogens (tertiary/aromatic N) is 3. The molecule has 3 aliphatic rings. The second-order valence-corrected chi connectivity index (χ2v) is 9.47. The monoisotopic (exact) mass is 418 g/mol. The third-order valence-corrected chi connectivity index (χ3v) is 7.62. The molecule has 4 heterocycles. The summed E-state index contributed by atoms with van der Waals surface area (Å²) in [6.45, 7) is 6.11. The van der Waals surface area contributed by atoms with Crippen LogP contribution in [0.25, 0.3) is 0 Å². The molecule has 0 radical (unpaired) electrons. The number of aliphatic hydroxyl groups is 1. The molecule has 29 heavy (non-hydrogen) atoms. The molecule has 4 rings (SSSR count). The van der Waals surface area contributed by atoms with Crippen molar-refractivity contribution < 1.29 is 19.8 Å². The Labute approximate surface area is 173 Å². The lowest BCUT2D eigenvalue weighted by atomic mass is 9.79. The minimum atomic E-state index is -1.07. The molecule has 4 N–H and O–H groups in total. The molecule has 8 nitrogen and oxygen atoms in total. The number of nitrogen functional groups attached to an aromatic ring is 1. The van der Waals surface area contributed by atoms with Crippen LogP contribution in [0.4, 0.5) is 5.82 Å². The van der Waals surface area contributed by atoms with Gasteiger partial charge in [-0.3, -0.25) is 9.69 Å². The Morgan fingerprint density at radius 3 is 2.83 bits per heavy atom. The first-order valence-electron chi connectivity index (χ1n) is 9.86. The van der Waals surface area contributed by atoms with Crippen LogP contribution in [0.3, 0.4) is 0 Å². The molecule has 1 aromatic heterocycles. The quantitative estimate of drug-likeness (QED) is 0.588. The first-order valence-corrected chi connectivity index (χ1v) is 10.7. The predicted octanol–water partition coefficient (Wildman–Crippen LogP) is 1.12. The van der Waals surface area contributed by atoms with Crippen molar-refractivity contribution in [1.29, 1.82) is 0 Å². The SMILES string of the molecule is C[C@@H](O)[C@H]1C(=O)N2C(C(=O)O)=C(SC3CCN(Cc4ccc(N)nc4)C3)[C@H](C)[C@H]12. The number of rotatable bonds is 6. The predicted molar refractivity (Wildman–Crippen MR) is 110 cm³/mol. The van der Waals surface area contributed by atoms with Gasteiger partial charge in [0.2, 0.25) is 5.91 Å². The van der Waals surface area contributed by atoms with Crippen molar-refractivity contribution in [3.63, 3.8) is 0 Å². The van der Waals surface area contributed by atoms with Crippen LogP contribution in [0.1, 0.15) is 25.8 Å². The van der Waals surface area contributed by atoms with Crippen LogP contribution in [-0.4, -0.2) is 67.4 Å². The van der Waals surface area contributed by atoms with E-state index in [1.165, 1.54) is 4.90 Å². The highest BCUT2D eigenvalue weighted by Crippen LogP contribution is 2.51. The standard InChI is InChI=1S/C20H26N4O4S/c1-10-16-15(11(2)25)19(26)24(16)17(20(27)28)18(10)29-13-5-6-23(9-13)8-12-3-4-14(21)22-7-12/h3-4,7,10-11,13,15-16,25H,5-6,8-9H2,1-2H3,(H2,21,22)(H,27,28)/t10-,11-,13?,15-,16-/m1/s1. The highest BCUT2D eigenvalue weighted by atomic mass is 32.2. The number of anilines is 1. The smallest absolute Gasteiger partial charge is 0.353 e. The van der Waals surface area contributed by atoms with Crippen LogP contribution in [-0.2, 0) is 16.1 Å². The molecular formula is C20H26N4O4S. The van der Waals surface area contributed by atoms with E-state index in [0.717, 1.165) is 36.5 Å². The van der Waals surface area contributed by atoms with Crippen molar-refractivity contribution >= 4 is 29.5 Å². The van der Waals surface area contributed by atoms with E-state index >= 15 is 0 Å². The zero-order valence-corrected chi connectivity index (χ0v) is 17.3. The lowest BCUT2D eigenvalue weighted by molar-refractivity contribution is -0.163. The van der Waals surface area contributed by atoms with Gasteiger partial charge in [-0.1, -0.05) is 13.0 Å². The second kappa shape index (κ2) is 7.62. The number of aliphatic hydroxyl groups excluding tert-OH is 1. The molecule has 156 valence electrons. The molecule has 0 spiro atoms. The molecule has 1 aromatic rings. The van der Waals surface area contributed by atoms with Crippen LogP contribution < -0.4 is 5.73 Å². The van der Waals surface area contributed by atoms with Crippen LogP contribution >= 0.6 is 11.8 Å². The molecule has 0 bridgehead atoms. The van der Waals surface area contributed by atoms with E-state index < -0.39 is 18.0 Å². The summed E-state index contributed by atoms with van der Waals surface area (Å²) in [5, 5.41) is 20.0. The summed E-state index contributed by atoms with van der Waals surface area (Å²) in [6, 6.07) is 3.51. The van der Waals surface area contributed by atoms with E-state index in [1.54, 1.807) is 30.9 Å². The van der Waals surface area contributed by atoms with Gasteiger partial charge in [0.1, 0.15) is 11.5 Å². The lowest BCUT2D eigenvalue weighted by Crippen LogP contribution is -2.63. The summed E-state index contributed by atoms with van der Waals surface area (Å²) >= 11 is 1.59. The Bertz CT molecular complexity index is 857. The summed E-state index contributed by atoms with van der Waals surface area (Å²) in [4.78, 5) is 33.0. The van der Waals surface area contributed by atoms with Gasteiger partial charge < -0.3 is 20.8 Å². The fourth-order valence-corrected chi connectivity index (χ4v) is 6.20. The number of nitrogens with two attached hydrogens (primary N) is 1. The third-order valence-electron chi connectivity index (χ3n) is 6.09. The number of β-lactam (4-membered cyclic amide) rings is 1. The van der Waals surface area contributed by atoms with Crippen molar-refractivity contribution in [2.75, 3.05) is 18.8 Å². The Morgan fingerprint density at radius 1 is 1.45 bits per heavy atom. The van der Waals surface area contributed by atoms with Gasteiger partial charge in [0.05, 0.1) is 18.1 Å². The first-order chi connectivity index (χ1) is 13.8. The number of carboxylic acid groups (broad SMARTS) is 1. The number of pyridine rings is 1. The van der Waals surface area contributed by atoms with Crippen LogP contribution in [0, 0.1) is 11.8 Å². The average molecular weight is 419 g/mol. The Balaban J connectivity index is 1.45. The number of amides is 1. The van der Waals surface area contributed by atoms with Crippen LogP contribution in [0.2, 0.25) is 0 Å². The zero-order chi connectivity index (χ0) is 20.9. The Hall–Kier alpha value is -2.10. The van der Waals surface area contributed by atoms with Crippen molar-refractivity contribution in [3.05, 3.63) is 34.5 Å². The molecule has 9 heteroatoms. The molecule has 0 aliphatic carbocycles. The molecular weight excluding hydrogens is 392 g/mol. The van der Waals surface area contributed by atoms with Crippen molar-refractivity contribution in [2.45, 2.75) is 44.2 Å². The number of carbonyl (C=O) groups excluding carboxylic acids is 1. The highest BCUT2D eigenvalue weighted by Gasteiger charge is 2.60. The van der Waals surface area contributed by atoms with Crippen LogP contribution in [0.5, 0.6) is 0 Å². The number of likely N-dealkylation sites (tertiary alicyclic amines) is 1. The van der Waals surface area contributed by atoms with E-state index in [2.05, 4.69) is 9.88 Å².